The number of carboxylic acids is 2. The second-order valence-corrected chi connectivity index (χ2v) is 2.67. The Morgan fingerprint density at radius 3 is 1.79 bits per heavy atom. The molecule has 0 saturated heterocycles. The molecule has 0 rings (SSSR count). The van der Waals surface area contributed by atoms with Gasteiger partial charge in [0.2, 0.25) is 0 Å². The van der Waals surface area contributed by atoms with Crippen LogP contribution in [0.4, 0.5) is 0 Å². The van der Waals surface area contributed by atoms with E-state index >= 15 is 0 Å². The Balaban J connectivity index is 0. The van der Waals surface area contributed by atoms with Gasteiger partial charge in [-0.05, 0) is 6.42 Å². The van der Waals surface area contributed by atoms with Crippen LogP contribution in [-0.2, 0) is 13.9 Å². The topological polar surface area (TPSA) is 83.8 Å². The van der Waals surface area contributed by atoms with Crippen molar-refractivity contribution in [2.75, 3.05) is 6.61 Å². The van der Waals surface area contributed by atoms with Crippen LogP contribution in [-0.4, -0.2) is 28.8 Å². The molecule has 0 aromatic heterocycles. The van der Waals surface area contributed by atoms with Crippen LogP contribution in [0.1, 0.15) is 32.6 Å². The van der Waals surface area contributed by atoms with Crippen LogP contribution in [0.25, 0.3) is 0 Å². The molecule has 0 aliphatic heterocycles. The minimum absolute atomic E-state index is 0.296. The van der Waals surface area contributed by atoms with Crippen molar-refractivity contribution in [1.29, 1.82) is 0 Å². The van der Waals surface area contributed by atoms with Gasteiger partial charge in [-0.25, -0.2) is 0 Å². The van der Waals surface area contributed by atoms with Crippen LogP contribution < -0.4 is 0 Å². The Morgan fingerprint density at radius 1 is 1.21 bits per heavy atom. The highest BCUT2D eigenvalue weighted by Gasteiger charge is 2.00. The molecule has 0 aliphatic carbocycles. The number of unbranched alkanes of at least 4 members (excludes halogenated alkanes) is 1. The van der Waals surface area contributed by atoms with Gasteiger partial charge in [0.15, 0.2) is 0 Å². The second kappa shape index (κ2) is 12.2. The molecule has 84 valence electrons. The predicted molar refractivity (Wildman–Crippen MR) is 51.2 cm³/mol. The molecule has 0 fully saturated rings. The monoisotopic (exact) mass is 226 g/mol. The number of halogens is 1. The van der Waals surface area contributed by atoms with Gasteiger partial charge in [-0.2, -0.15) is 0 Å². The molecule has 6 heteroatoms. The molecule has 0 unspecified atom stereocenters. The summed E-state index contributed by atoms with van der Waals surface area (Å²) in [6, 6.07) is 0. The lowest BCUT2D eigenvalue weighted by molar-refractivity contribution is -0.143. The van der Waals surface area contributed by atoms with E-state index in [0.717, 1.165) is 12.8 Å². The Bertz CT molecular complexity index is 142. The highest BCUT2D eigenvalue weighted by Crippen LogP contribution is 1.88. The first-order valence-electron chi connectivity index (χ1n) is 4.21. The van der Waals surface area contributed by atoms with Gasteiger partial charge in [0.05, 0.1) is 31.3 Å². The molecule has 0 radical (unpaired) electrons. The number of hydrogen-bond acceptors (Lipinski definition) is 3. The summed E-state index contributed by atoms with van der Waals surface area (Å²) < 4.78 is 4.25. The number of rotatable bonds is 6. The molecule has 0 spiro atoms. The average molecular weight is 227 g/mol. The van der Waals surface area contributed by atoms with Crippen molar-refractivity contribution in [2.24, 2.45) is 0 Å². The zero-order valence-electron chi connectivity index (χ0n) is 8.03. The Kier molecular flexibility index (Phi) is 13.6. The maximum atomic E-state index is 9.64. The smallest absolute Gasteiger partial charge is 0.303 e. The van der Waals surface area contributed by atoms with Crippen LogP contribution in [0.3, 0.4) is 0 Å². The van der Waals surface area contributed by atoms with E-state index < -0.39 is 11.9 Å². The van der Waals surface area contributed by atoms with Gasteiger partial charge in [-0.1, -0.05) is 13.3 Å². The Hall–Kier alpha value is -0.810. The average Bonchev–Trinajstić information content (AvgIpc) is 2.12. The summed E-state index contributed by atoms with van der Waals surface area (Å²) in [7, 11) is 0. The summed E-state index contributed by atoms with van der Waals surface area (Å²) in [5, 5.41) is 15.8. The van der Waals surface area contributed by atoms with Gasteiger partial charge in [0.1, 0.15) is 0 Å². The van der Waals surface area contributed by atoms with Crippen LogP contribution >= 0.6 is 11.9 Å². The molecule has 0 aliphatic rings. The third-order valence-electron chi connectivity index (χ3n) is 1.13. The fourth-order valence-corrected chi connectivity index (χ4v) is 0.522. The minimum atomic E-state index is -1.08. The fraction of sp³-hybridized carbons (Fsp3) is 0.750. The van der Waals surface area contributed by atoms with E-state index in [1.54, 1.807) is 0 Å². The number of carboxylic acid groups (broad SMARTS) is 2. The van der Waals surface area contributed by atoms with Crippen molar-refractivity contribution in [1.82, 2.24) is 0 Å². The molecule has 0 aromatic carbocycles. The van der Waals surface area contributed by atoms with E-state index in [2.05, 4.69) is 11.2 Å². The van der Waals surface area contributed by atoms with E-state index in [-0.39, 0.29) is 12.8 Å². The zero-order valence-corrected chi connectivity index (χ0v) is 8.79. The van der Waals surface area contributed by atoms with E-state index in [0.29, 0.717) is 6.61 Å². The van der Waals surface area contributed by atoms with E-state index in [1.165, 1.54) is 0 Å². The summed E-state index contributed by atoms with van der Waals surface area (Å²) in [5.41, 5.74) is 0. The third kappa shape index (κ3) is 22.5. The van der Waals surface area contributed by atoms with E-state index in [4.69, 9.17) is 22.1 Å². The lowest BCUT2D eigenvalue weighted by Gasteiger charge is -1.86. The maximum absolute atomic E-state index is 9.64. The van der Waals surface area contributed by atoms with Crippen molar-refractivity contribution in [3.63, 3.8) is 0 Å². The molecular weight excluding hydrogens is 212 g/mol. The summed E-state index contributed by atoms with van der Waals surface area (Å²) in [6.45, 7) is 2.77. The van der Waals surface area contributed by atoms with Gasteiger partial charge < -0.3 is 10.2 Å². The normalized spacial score (nSPS) is 8.71. The largest absolute Gasteiger partial charge is 0.481 e. The predicted octanol–water partition coefficient (Wildman–Crippen LogP) is 1.89. The van der Waals surface area contributed by atoms with Gasteiger partial charge >= 0.3 is 11.9 Å². The standard InChI is InChI=1S/C4H9ClO.C4H6O4/c1-2-3-4-6-5;5-3(6)1-2-4(7)8/h2-4H2,1H3;1-2H2,(H,5,6)(H,7,8). The number of hydrogen-bond donors (Lipinski definition) is 2. The summed E-state index contributed by atoms with van der Waals surface area (Å²) in [4.78, 5) is 19.3. The molecule has 0 heterocycles. The van der Waals surface area contributed by atoms with Crippen molar-refractivity contribution in [2.45, 2.75) is 32.6 Å². The highest BCUT2D eigenvalue weighted by atomic mass is 35.5. The molecule has 0 atom stereocenters. The van der Waals surface area contributed by atoms with E-state index in [9.17, 15) is 9.59 Å². The molecule has 0 bridgehead atoms. The van der Waals surface area contributed by atoms with Crippen LogP contribution in [0.2, 0.25) is 0 Å². The first kappa shape index (κ1) is 15.7. The van der Waals surface area contributed by atoms with Crippen LogP contribution in [0.15, 0.2) is 0 Å². The molecular formula is C8H15ClO5. The second-order valence-electron chi connectivity index (χ2n) is 2.45. The molecule has 5 nitrogen and oxygen atoms in total. The van der Waals surface area contributed by atoms with Crippen molar-refractivity contribution in [3.8, 4) is 0 Å². The molecule has 14 heavy (non-hydrogen) atoms. The van der Waals surface area contributed by atoms with Gasteiger partial charge in [-0.3, -0.25) is 13.9 Å². The first-order valence-corrected chi connectivity index (χ1v) is 4.52. The van der Waals surface area contributed by atoms with Gasteiger partial charge in [0.25, 0.3) is 0 Å². The SMILES string of the molecule is CCCCOCl.O=C(O)CCC(=O)O. The third-order valence-corrected chi connectivity index (χ3v) is 1.28. The van der Waals surface area contributed by atoms with Gasteiger partial charge in [-0.15, -0.1) is 0 Å². The van der Waals surface area contributed by atoms with E-state index in [1.807, 2.05) is 0 Å². The molecule has 0 saturated carbocycles. The number of aliphatic carboxylic acids is 2. The first-order chi connectivity index (χ1) is 6.54. The van der Waals surface area contributed by atoms with Gasteiger partial charge in [0, 0.05) is 0 Å². The number of carbonyl (C=O) groups is 2. The molecule has 0 aromatic rings. The zero-order chi connectivity index (χ0) is 11.4. The quantitative estimate of drug-likeness (QED) is 0.676. The maximum Gasteiger partial charge on any atom is 0.303 e. The summed E-state index contributed by atoms with van der Waals surface area (Å²) in [6.07, 6.45) is 1.61. The Morgan fingerprint density at radius 2 is 1.64 bits per heavy atom. The van der Waals surface area contributed by atoms with Crippen molar-refractivity contribution in [3.05, 3.63) is 0 Å². The van der Waals surface area contributed by atoms with Crippen LogP contribution in [0, 0.1) is 0 Å². The molecule has 0 amide bonds. The highest BCUT2D eigenvalue weighted by molar-refractivity contribution is 6.07. The summed E-state index contributed by atoms with van der Waals surface area (Å²) in [5.74, 6) is -2.15. The summed E-state index contributed by atoms with van der Waals surface area (Å²) >= 11 is 4.88. The fourth-order valence-electron chi connectivity index (χ4n) is 0.413. The van der Waals surface area contributed by atoms with Crippen molar-refractivity contribution >= 4 is 23.8 Å². The lowest BCUT2D eigenvalue weighted by atomic mass is 10.3. The minimum Gasteiger partial charge on any atom is -0.481 e. The Labute approximate surface area is 87.8 Å². The van der Waals surface area contributed by atoms with Crippen molar-refractivity contribution < 1.29 is 24.1 Å². The van der Waals surface area contributed by atoms with Crippen LogP contribution in [0.5, 0.6) is 0 Å². The molecule has 2 N–H and O–H groups in total. The lowest BCUT2D eigenvalue weighted by Crippen LogP contribution is -2.00.